The number of hydrogen-bond acceptors (Lipinski definition) is 2. The first-order valence-corrected chi connectivity index (χ1v) is 5.39. The van der Waals surface area contributed by atoms with Crippen molar-refractivity contribution < 1.29 is 4.79 Å². The van der Waals surface area contributed by atoms with Crippen molar-refractivity contribution in [3.05, 3.63) is 12.7 Å². The summed E-state index contributed by atoms with van der Waals surface area (Å²) >= 11 is 0. The molecule has 3 heteroatoms. The summed E-state index contributed by atoms with van der Waals surface area (Å²) in [7, 11) is 0. The molecule has 1 N–H and O–H groups in total. The zero-order valence-corrected chi connectivity index (χ0v) is 8.96. The molecule has 1 aliphatic heterocycles. The maximum Gasteiger partial charge on any atom is 0.220 e. The van der Waals surface area contributed by atoms with Gasteiger partial charge < -0.3 is 5.32 Å². The summed E-state index contributed by atoms with van der Waals surface area (Å²) in [6.07, 6.45) is 4.56. The van der Waals surface area contributed by atoms with E-state index in [1.807, 2.05) is 13.0 Å². The minimum Gasteiger partial charge on any atom is -0.352 e. The van der Waals surface area contributed by atoms with Gasteiger partial charge in [0.25, 0.3) is 0 Å². The number of likely N-dealkylation sites (tertiary alicyclic amines) is 1. The summed E-state index contributed by atoms with van der Waals surface area (Å²) in [4.78, 5) is 13.6. The average Bonchev–Trinajstić information content (AvgIpc) is 2.53. The van der Waals surface area contributed by atoms with E-state index in [1.165, 1.54) is 0 Å². The lowest BCUT2D eigenvalue weighted by atomic mass is 10.2. The van der Waals surface area contributed by atoms with Gasteiger partial charge in [0.2, 0.25) is 5.91 Å². The molecule has 1 fully saturated rings. The van der Waals surface area contributed by atoms with E-state index in [0.29, 0.717) is 12.5 Å². The summed E-state index contributed by atoms with van der Waals surface area (Å²) < 4.78 is 0. The standard InChI is InChI=1S/C11H20N2O/c1-3-5-11(14)12-10-6-8-13(9-10)7-4-2/h4,10H,2-3,5-9H2,1H3,(H,12,14). The highest BCUT2D eigenvalue weighted by molar-refractivity contribution is 5.76. The number of hydrogen-bond donors (Lipinski definition) is 1. The second-order valence-corrected chi connectivity index (χ2v) is 3.85. The molecule has 0 spiro atoms. The summed E-state index contributed by atoms with van der Waals surface area (Å²) in [5.74, 6) is 0.193. The molecule has 1 aliphatic rings. The van der Waals surface area contributed by atoms with Crippen LogP contribution in [0.4, 0.5) is 0 Å². The van der Waals surface area contributed by atoms with Gasteiger partial charge >= 0.3 is 0 Å². The van der Waals surface area contributed by atoms with Gasteiger partial charge in [0.15, 0.2) is 0 Å². The first kappa shape index (κ1) is 11.2. The number of rotatable bonds is 5. The SMILES string of the molecule is C=CCN1CCC(NC(=O)CCC)C1. The number of nitrogens with zero attached hydrogens (tertiary/aromatic N) is 1. The third-order valence-electron chi connectivity index (χ3n) is 2.50. The monoisotopic (exact) mass is 196 g/mol. The van der Waals surface area contributed by atoms with Crippen molar-refractivity contribution in [3.8, 4) is 0 Å². The maximum atomic E-state index is 11.3. The predicted molar refractivity (Wildman–Crippen MR) is 58.1 cm³/mol. The van der Waals surface area contributed by atoms with Crippen LogP contribution in [-0.4, -0.2) is 36.5 Å². The van der Waals surface area contributed by atoms with E-state index in [2.05, 4.69) is 16.8 Å². The normalized spacial score (nSPS) is 22.2. The van der Waals surface area contributed by atoms with Gasteiger partial charge in [-0.15, -0.1) is 6.58 Å². The molecule has 1 amide bonds. The highest BCUT2D eigenvalue weighted by atomic mass is 16.1. The van der Waals surface area contributed by atoms with Crippen LogP contribution < -0.4 is 5.32 Å². The van der Waals surface area contributed by atoms with Crippen LogP contribution in [0.15, 0.2) is 12.7 Å². The summed E-state index contributed by atoms with van der Waals surface area (Å²) in [6, 6.07) is 0.356. The molecular formula is C11H20N2O. The van der Waals surface area contributed by atoms with E-state index >= 15 is 0 Å². The Balaban J connectivity index is 2.21. The number of carbonyl (C=O) groups is 1. The molecule has 0 radical (unpaired) electrons. The van der Waals surface area contributed by atoms with Crippen LogP contribution in [0.3, 0.4) is 0 Å². The van der Waals surface area contributed by atoms with Gasteiger partial charge in [-0.05, 0) is 12.8 Å². The number of nitrogens with one attached hydrogen (secondary N) is 1. The predicted octanol–water partition coefficient (Wildman–Crippen LogP) is 1.16. The molecule has 0 bridgehead atoms. The Bertz CT molecular complexity index is 203. The molecule has 1 saturated heterocycles. The molecule has 1 heterocycles. The fraction of sp³-hybridized carbons (Fsp3) is 0.727. The van der Waals surface area contributed by atoms with Crippen molar-refractivity contribution >= 4 is 5.91 Å². The fourth-order valence-corrected chi connectivity index (χ4v) is 1.83. The summed E-state index contributed by atoms with van der Waals surface area (Å²) in [5, 5.41) is 3.05. The van der Waals surface area contributed by atoms with E-state index in [-0.39, 0.29) is 5.91 Å². The van der Waals surface area contributed by atoms with Crippen molar-refractivity contribution in [1.29, 1.82) is 0 Å². The molecule has 1 rings (SSSR count). The van der Waals surface area contributed by atoms with Gasteiger partial charge in [0, 0.05) is 32.1 Å². The third kappa shape index (κ3) is 3.50. The van der Waals surface area contributed by atoms with E-state index < -0.39 is 0 Å². The van der Waals surface area contributed by atoms with E-state index in [0.717, 1.165) is 32.5 Å². The van der Waals surface area contributed by atoms with Crippen LogP contribution in [0.2, 0.25) is 0 Å². The Hall–Kier alpha value is -0.830. The minimum atomic E-state index is 0.193. The Morgan fingerprint density at radius 2 is 2.50 bits per heavy atom. The molecule has 1 atom stereocenters. The van der Waals surface area contributed by atoms with E-state index in [4.69, 9.17) is 0 Å². The van der Waals surface area contributed by atoms with Crippen molar-refractivity contribution in [2.45, 2.75) is 32.2 Å². The largest absolute Gasteiger partial charge is 0.352 e. The molecule has 80 valence electrons. The van der Waals surface area contributed by atoms with Gasteiger partial charge in [-0.1, -0.05) is 13.0 Å². The van der Waals surface area contributed by atoms with Crippen LogP contribution >= 0.6 is 0 Å². The lowest BCUT2D eigenvalue weighted by Gasteiger charge is -2.14. The molecular weight excluding hydrogens is 176 g/mol. The first-order valence-electron chi connectivity index (χ1n) is 5.39. The Kier molecular flexibility index (Phi) is 4.66. The topological polar surface area (TPSA) is 32.3 Å². The third-order valence-corrected chi connectivity index (χ3v) is 2.50. The molecule has 1 unspecified atom stereocenters. The molecule has 0 aromatic heterocycles. The van der Waals surface area contributed by atoms with Crippen molar-refractivity contribution in [2.24, 2.45) is 0 Å². The van der Waals surface area contributed by atoms with Crippen molar-refractivity contribution in [2.75, 3.05) is 19.6 Å². The van der Waals surface area contributed by atoms with Crippen LogP contribution in [0, 0.1) is 0 Å². The lowest BCUT2D eigenvalue weighted by Crippen LogP contribution is -2.36. The van der Waals surface area contributed by atoms with Crippen molar-refractivity contribution in [1.82, 2.24) is 10.2 Å². The van der Waals surface area contributed by atoms with Crippen LogP contribution in [0.1, 0.15) is 26.2 Å². The second kappa shape index (κ2) is 5.81. The highest BCUT2D eigenvalue weighted by Gasteiger charge is 2.22. The van der Waals surface area contributed by atoms with E-state index in [9.17, 15) is 4.79 Å². The van der Waals surface area contributed by atoms with Gasteiger partial charge in [-0.3, -0.25) is 9.69 Å². The fourth-order valence-electron chi connectivity index (χ4n) is 1.83. The molecule has 0 aromatic rings. The molecule has 0 aromatic carbocycles. The van der Waals surface area contributed by atoms with Gasteiger partial charge in [0.05, 0.1) is 0 Å². The smallest absolute Gasteiger partial charge is 0.220 e. The molecule has 0 saturated carbocycles. The average molecular weight is 196 g/mol. The molecule has 14 heavy (non-hydrogen) atoms. The van der Waals surface area contributed by atoms with Crippen LogP contribution in [0.5, 0.6) is 0 Å². The van der Waals surface area contributed by atoms with Gasteiger partial charge in [-0.2, -0.15) is 0 Å². The summed E-state index contributed by atoms with van der Waals surface area (Å²) in [5.41, 5.74) is 0. The van der Waals surface area contributed by atoms with Crippen molar-refractivity contribution in [3.63, 3.8) is 0 Å². The van der Waals surface area contributed by atoms with Crippen LogP contribution in [-0.2, 0) is 4.79 Å². The first-order chi connectivity index (χ1) is 6.76. The minimum absolute atomic E-state index is 0.193. The zero-order valence-electron chi connectivity index (χ0n) is 8.96. The Morgan fingerprint density at radius 3 is 3.14 bits per heavy atom. The Morgan fingerprint density at radius 1 is 1.71 bits per heavy atom. The maximum absolute atomic E-state index is 11.3. The van der Waals surface area contributed by atoms with Crippen LogP contribution in [0.25, 0.3) is 0 Å². The quantitative estimate of drug-likeness (QED) is 0.669. The highest BCUT2D eigenvalue weighted by Crippen LogP contribution is 2.08. The molecule has 0 aliphatic carbocycles. The number of carbonyl (C=O) groups excluding carboxylic acids is 1. The second-order valence-electron chi connectivity index (χ2n) is 3.85. The van der Waals surface area contributed by atoms with Gasteiger partial charge in [-0.25, -0.2) is 0 Å². The summed E-state index contributed by atoms with van der Waals surface area (Å²) in [6.45, 7) is 8.71. The van der Waals surface area contributed by atoms with E-state index in [1.54, 1.807) is 0 Å². The number of amides is 1. The Labute approximate surface area is 86.2 Å². The van der Waals surface area contributed by atoms with Gasteiger partial charge in [0.1, 0.15) is 0 Å². The zero-order chi connectivity index (χ0) is 10.4. The lowest BCUT2D eigenvalue weighted by molar-refractivity contribution is -0.121. The molecule has 3 nitrogen and oxygen atoms in total.